The van der Waals surface area contributed by atoms with Gasteiger partial charge in [-0.1, -0.05) is 27.7 Å². The zero-order chi connectivity index (χ0) is 28.8. The van der Waals surface area contributed by atoms with Crippen molar-refractivity contribution in [1.29, 1.82) is 0 Å². The number of carboxylic acids is 1. The molecule has 0 aromatic carbocycles. The van der Waals surface area contributed by atoms with E-state index in [1.165, 1.54) is 30.0 Å². The molecule has 216 valence electrons. The molecule has 0 bridgehead atoms. The quantitative estimate of drug-likeness (QED) is 0.414. The van der Waals surface area contributed by atoms with E-state index in [0.717, 1.165) is 4.90 Å². The lowest BCUT2D eigenvalue weighted by Crippen LogP contribution is -2.57. The summed E-state index contributed by atoms with van der Waals surface area (Å²) in [6.07, 6.45) is -0.308. The predicted molar refractivity (Wildman–Crippen MR) is 139 cm³/mol. The van der Waals surface area contributed by atoms with E-state index in [1.54, 1.807) is 11.9 Å². The van der Waals surface area contributed by atoms with E-state index in [1.807, 2.05) is 27.7 Å². The van der Waals surface area contributed by atoms with Gasteiger partial charge in [0.25, 0.3) is 5.56 Å². The van der Waals surface area contributed by atoms with Crippen LogP contribution in [0.1, 0.15) is 33.9 Å². The molecule has 4 heterocycles. The van der Waals surface area contributed by atoms with Crippen molar-refractivity contribution < 1.29 is 28.9 Å². The fourth-order valence-electron chi connectivity index (χ4n) is 5.82. The van der Waals surface area contributed by atoms with E-state index in [2.05, 4.69) is 4.98 Å². The van der Waals surface area contributed by atoms with Crippen LogP contribution >= 0.6 is 0 Å². The molecule has 3 aliphatic heterocycles. The van der Waals surface area contributed by atoms with E-state index in [4.69, 9.17) is 19.9 Å². The normalized spacial score (nSPS) is 36.6. The van der Waals surface area contributed by atoms with Gasteiger partial charge in [0.1, 0.15) is 24.1 Å². The van der Waals surface area contributed by atoms with Crippen LogP contribution in [0.25, 0.3) is 0 Å². The van der Waals surface area contributed by atoms with Crippen molar-refractivity contribution in [3.8, 4) is 0 Å². The maximum atomic E-state index is 13.8. The van der Waals surface area contributed by atoms with Gasteiger partial charge in [0, 0.05) is 44.2 Å². The van der Waals surface area contributed by atoms with Gasteiger partial charge in [0.2, 0.25) is 5.91 Å². The molecule has 2 fully saturated rings. The monoisotopic (exact) mass is 549 g/mol. The number of hydrogen-bond donors (Lipinski definition) is 3. The topological polar surface area (TPSA) is 169 Å². The molecule has 13 nitrogen and oxygen atoms in total. The molecule has 0 aliphatic carbocycles. The number of nitrogens with one attached hydrogen (secondary N) is 1. The summed E-state index contributed by atoms with van der Waals surface area (Å²) >= 11 is 0. The summed E-state index contributed by atoms with van der Waals surface area (Å²) in [6.45, 7) is 8.43. The molecule has 2 saturated heterocycles. The molecule has 4 rings (SSSR count). The zero-order valence-electron chi connectivity index (χ0n) is 23.1. The molecule has 0 radical (unpaired) electrons. The van der Waals surface area contributed by atoms with Crippen LogP contribution < -0.4 is 17.0 Å². The summed E-state index contributed by atoms with van der Waals surface area (Å²) in [5, 5.41) is 9.68. The number of carbonyl (C=O) groups is 2. The molecule has 4 N–H and O–H groups in total. The number of likely N-dealkylation sites (N-methyl/N-ethyl adjacent to an activating group) is 2. The summed E-state index contributed by atoms with van der Waals surface area (Å²) in [7, 11) is 3.15. The van der Waals surface area contributed by atoms with Gasteiger partial charge >= 0.3 is 11.7 Å². The van der Waals surface area contributed by atoms with Crippen LogP contribution in [0, 0.1) is 23.7 Å². The Bertz CT molecular complexity index is 1230. The van der Waals surface area contributed by atoms with Gasteiger partial charge in [-0.05, 0) is 25.0 Å². The number of aromatic amines is 1. The SMILES string of the molecule is CC1C(CN)OC(O[C@H](C2OC(n3ccc(=O)[nH]c3=O)C(C)C2C)C2C(=O)N(C)C(C(=O)O)=CCN2C)C1C. The Labute approximate surface area is 226 Å². The predicted octanol–water partition coefficient (Wildman–Crippen LogP) is -0.212. The number of carboxylic acid groups (broad SMARTS) is 1. The largest absolute Gasteiger partial charge is 0.477 e. The molecule has 39 heavy (non-hydrogen) atoms. The van der Waals surface area contributed by atoms with E-state index < -0.39 is 53.9 Å². The molecule has 1 aromatic heterocycles. The molecular formula is C26H39N5O8. The maximum absolute atomic E-state index is 13.8. The average Bonchev–Trinajstić information content (AvgIpc) is 3.28. The Morgan fingerprint density at radius 1 is 1.13 bits per heavy atom. The first-order valence-electron chi connectivity index (χ1n) is 13.3. The van der Waals surface area contributed by atoms with Crippen molar-refractivity contribution >= 4 is 11.9 Å². The number of aliphatic carboxylic acids is 1. The van der Waals surface area contributed by atoms with E-state index in [0.29, 0.717) is 6.54 Å². The van der Waals surface area contributed by atoms with E-state index in [-0.39, 0.29) is 42.0 Å². The standard InChI is InChI=1S/C26H39N5O8/c1-12-15(4)25(37-17(12)11-27)39-21(19-22(33)30(6)16(24(34)35)7-9-29(19)5)20-13(2)14(3)23(38-20)31-10-8-18(32)28-26(31)36/h7-8,10,12-15,17,19-21,23,25H,9,11,27H2,1-6H3,(H,34,35)(H,28,32,36)/t12?,13?,14?,15?,17?,19?,20?,21-,23?,25?/m0/s1. The third-order valence-corrected chi connectivity index (χ3v) is 8.74. The molecule has 1 aromatic rings. The third-order valence-electron chi connectivity index (χ3n) is 8.74. The minimum Gasteiger partial charge on any atom is -0.477 e. The Balaban J connectivity index is 1.73. The van der Waals surface area contributed by atoms with Crippen LogP contribution in [0.2, 0.25) is 0 Å². The Hall–Kier alpha value is -2.84. The molecule has 3 aliphatic rings. The van der Waals surface area contributed by atoms with Gasteiger partial charge in [0.15, 0.2) is 6.29 Å². The average molecular weight is 550 g/mol. The van der Waals surface area contributed by atoms with Crippen molar-refractivity contribution in [3.05, 3.63) is 44.9 Å². The van der Waals surface area contributed by atoms with Gasteiger partial charge < -0.3 is 30.0 Å². The van der Waals surface area contributed by atoms with Crippen LogP contribution in [-0.4, -0.2) is 94.2 Å². The molecule has 0 spiro atoms. The van der Waals surface area contributed by atoms with Crippen LogP contribution in [0.3, 0.4) is 0 Å². The first kappa shape index (κ1) is 29.2. The van der Waals surface area contributed by atoms with Crippen molar-refractivity contribution in [1.82, 2.24) is 19.4 Å². The van der Waals surface area contributed by atoms with Gasteiger partial charge in [-0.2, -0.15) is 0 Å². The fraction of sp³-hybridized carbons (Fsp3) is 0.692. The number of ether oxygens (including phenoxy) is 3. The number of hydrogen-bond acceptors (Lipinski definition) is 9. The minimum absolute atomic E-state index is 0.0376. The lowest BCUT2D eigenvalue weighted by molar-refractivity contribution is -0.220. The van der Waals surface area contributed by atoms with Crippen LogP contribution in [0.5, 0.6) is 0 Å². The van der Waals surface area contributed by atoms with E-state index >= 15 is 0 Å². The Kier molecular flexibility index (Phi) is 8.47. The second kappa shape index (κ2) is 11.3. The first-order chi connectivity index (χ1) is 18.4. The van der Waals surface area contributed by atoms with Crippen molar-refractivity contribution in [2.75, 3.05) is 27.2 Å². The smallest absolute Gasteiger partial charge is 0.352 e. The van der Waals surface area contributed by atoms with Crippen molar-refractivity contribution in [2.24, 2.45) is 29.4 Å². The highest BCUT2D eigenvalue weighted by atomic mass is 16.7. The summed E-state index contributed by atoms with van der Waals surface area (Å²) in [6, 6.07) is 0.333. The van der Waals surface area contributed by atoms with Gasteiger partial charge in [0.05, 0.1) is 12.2 Å². The third kappa shape index (κ3) is 5.33. The Morgan fingerprint density at radius 3 is 2.41 bits per heavy atom. The number of rotatable bonds is 7. The molecule has 1 amide bonds. The van der Waals surface area contributed by atoms with E-state index in [9.17, 15) is 24.3 Å². The fourth-order valence-corrected chi connectivity index (χ4v) is 5.82. The highest BCUT2D eigenvalue weighted by molar-refractivity contribution is 5.95. The van der Waals surface area contributed by atoms with Gasteiger partial charge in [-0.3, -0.25) is 24.0 Å². The van der Waals surface area contributed by atoms with Crippen LogP contribution in [-0.2, 0) is 23.8 Å². The number of nitrogens with zero attached hydrogens (tertiary/aromatic N) is 3. The van der Waals surface area contributed by atoms with Crippen LogP contribution in [0.4, 0.5) is 0 Å². The minimum atomic E-state index is -1.21. The number of amides is 1. The molecule has 0 saturated carbocycles. The second-order valence-electron chi connectivity index (χ2n) is 11.0. The lowest BCUT2D eigenvalue weighted by atomic mass is 9.87. The number of H-pyrrole nitrogens is 1. The molecular weight excluding hydrogens is 510 g/mol. The second-order valence-corrected chi connectivity index (χ2v) is 11.0. The van der Waals surface area contributed by atoms with Crippen molar-refractivity contribution in [3.63, 3.8) is 0 Å². The van der Waals surface area contributed by atoms with Crippen molar-refractivity contribution in [2.45, 2.75) is 64.6 Å². The summed E-state index contributed by atoms with van der Waals surface area (Å²) < 4.78 is 20.6. The Morgan fingerprint density at radius 2 is 1.82 bits per heavy atom. The highest BCUT2D eigenvalue weighted by Crippen LogP contribution is 2.43. The highest BCUT2D eigenvalue weighted by Gasteiger charge is 2.53. The molecule has 13 heteroatoms. The maximum Gasteiger partial charge on any atom is 0.352 e. The van der Waals surface area contributed by atoms with Gasteiger partial charge in [-0.15, -0.1) is 0 Å². The zero-order valence-corrected chi connectivity index (χ0v) is 23.1. The molecule has 9 unspecified atom stereocenters. The van der Waals surface area contributed by atoms with Gasteiger partial charge in [-0.25, -0.2) is 9.59 Å². The first-order valence-corrected chi connectivity index (χ1v) is 13.3. The molecule has 10 atom stereocenters. The number of aromatic nitrogens is 2. The summed E-state index contributed by atoms with van der Waals surface area (Å²) in [5.41, 5.74) is 4.68. The van der Waals surface area contributed by atoms with Crippen LogP contribution in [0.15, 0.2) is 33.6 Å². The lowest BCUT2D eigenvalue weighted by Gasteiger charge is -2.39. The summed E-state index contributed by atoms with van der Waals surface area (Å²) in [4.78, 5) is 55.1. The summed E-state index contributed by atoms with van der Waals surface area (Å²) in [5.74, 6) is -1.99. The number of nitrogens with two attached hydrogens (primary N) is 1. The number of carbonyl (C=O) groups excluding carboxylic acids is 1.